The molecule has 0 amide bonds. The summed E-state index contributed by atoms with van der Waals surface area (Å²) in [6.07, 6.45) is 0. The minimum atomic E-state index is 0.586. The fourth-order valence-corrected chi connectivity index (χ4v) is 8.48. The summed E-state index contributed by atoms with van der Waals surface area (Å²) in [5.41, 5.74) is 11.4. The number of nitrogens with zero attached hydrogens (tertiary/aromatic N) is 4. The topological polar surface area (TPSA) is 69.9 Å². The minimum absolute atomic E-state index is 0.586. The number of hydrogen-bond acceptors (Lipinski definition) is 5. The van der Waals surface area contributed by atoms with Crippen molar-refractivity contribution >= 4 is 65.7 Å². The van der Waals surface area contributed by atoms with Crippen LogP contribution in [0.25, 0.3) is 117 Å². The number of hydrogen-bond donors (Lipinski definition) is 0. The van der Waals surface area contributed by atoms with Crippen LogP contribution in [0.5, 0.6) is 0 Å². The lowest BCUT2D eigenvalue weighted by Gasteiger charge is -2.12. The molecule has 12 aromatic rings. The van der Waals surface area contributed by atoms with Gasteiger partial charge in [0.05, 0.1) is 11.0 Å². The van der Waals surface area contributed by atoms with Gasteiger partial charge in [0.1, 0.15) is 22.3 Å². The highest BCUT2D eigenvalue weighted by Crippen LogP contribution is 2.40. The van der Waals surface area contributed by atoms with Crippen LogP contribution in [0.15, 0.2) is 191 Å². The number of para-hydroxylation sites is 4. The summed E-state index contributed by atoms with van der Waals surface area (Å²) in [5, 5.41) is 6.59. The second-order valence-corrected chi connectivity index (χ2v) is 14.4. The first-order valence-electron chi connectivity index (χ1n) is 19.0. The van der Waals surface area contributed by atoms with E-state index in [1.54, 1.807) is 0 Å². The minimum Gasteiger partial charge on any atom is -0.456 e. The predicted octanol–water partition coefficient (Wildman–Crippen LogP) is 13.4. The molecule has 0 radical (unpaired) electrons. The van der Waals surface area contributed by atoms with Crippen molar-refractivity contribution in [3.8, 4) is 51.0 Å². The Hall–Kier alpha value is -7.83. The molecule has 0 aliphatic heterocycles. The maximum atomic E-state index is 6.48. The van der Waals surface area contributed by atoms with E-state index in [9.17, 15) is 0 Å². The molecule has 0 unspecified atom stereocenters. The van der Waals surface area contributed by atoms with Gasteiger partial charge >= 0.3 is 0 Å². The molecule has 6 nitrogen and oxygen atoms in total. The second-order valence-electron chi connectivity index (χ2n) is 14.4. The summed E-state index contributed by atoms with van der Waals surface area (Å²) in [4.78, 5) is 15.4. The van der Waals surface area contributed by atoms with Crippen LogP contribution in [0.3, 0.4) is 0 Å². The van der Waals surface area contributed by atoms with Gasteiger partial charge in [0.2, 0.25) is 0 Å². The second kappa shape index (κ2) is 12.3. The van der Waals surface area contributed by atoms with E-state index in [-0.39, 0.29) is 0 Å². The molecular formula is C51H30N4O2. The molecule has 12 rings (SSSR count). The summed E-state index contributed by atoms with van der Waals surface area (Å²) in [5.74, 6) is 1.78. The quantitative estimate of drug-likeness (QED) is 0.176. The Morgan fingerprint density at radius 1 is 0.351 bits per heavy atom. The van der Waals surface area contributed by atoms with Gasteiger partial charge in [-0.25, -0.2) is 15.0 Å². The summed E-state index contributed by atoms with van der Waals surface area (Å²) >= 11 is 0. The van der Waals surface area contributed by atoms with E-state index in [0.717, 1.165) is 88.4 Å². The molecule has 6 heteroatoms. The molecule has 4 aromatic heterocycles. The van der Waals surface area contributed by atoms with E-state index in [2.05, 4.69) is 114 Å². The van der Waals surface area contributed by atoms with E-state index in [1.165, 1.54) is 10.8 Å². The number of aromatic nitrogens is 4. The number of furan rings is 2. The van der Waals surface area contributed by atoms with E-state index >= 15 is 0 Å². The first kappa shape index (κ1) is 31.5. The molecular weight excluding hydrogens is 701 g/mol. The molecule has 4 heterocycles. The third-order valence-electron chi connectivity index (χ3n) is 11.1. The molecule has 0 aliphatic carbocycles. The molecule has 0 fully saturated rings. The fraction of sp³-hybridized carbons (Fsp3) is 0. The molecule has 57 heavy (non-hydrogen) atoms. The van der Waals surface area contributed by atoms with Crippen LogP contribution in [0.2, 0.25) is 0 Å². The van der Waals surface area contributed by atoms with Gasteiger partial charge in [-0.1, -0.05) is 140 Å². The smallest absolute Gasteiger partial charge is 0.164 e. The zero-order valence-corrected chi connectivity index (χ0v) is 30.4. The Balaban J connectivity index is 1.06. The van der Waals surface area contributed by atoms with Gasteiger partial charge < -0.3 is 13.4 Å². The van der Waals surface area contributed by atoms with Crippen molar-refractivity contribution < 1.29 is 8.83 Å². The zero-order chi connectivity index (χ0) is 37.5. The molecule has 0 saturated carbocycles. The van der Waals surface area contributed by atoms with E-state index in [0.29, 0.717) is 17.5 Å². The molecule has 0 aliphatic rings. The standard InChI is InChI=1S/C51H30N4O2/c1-2-13-31(14-3-1)49-52-50(54-51(53-49)41-22-12-26-46-47(41)40-19-6-9-25-45(40)56-46)33-15-10-16-34(29-33)55-42-23-7-4-17-36(42)37-28-27-32(30-43(37)55)35-20-11-21-39-38-18-5-8-24-44(38)57-48(35)39/h1-30H. The van der Waals surface area contributed by atoms with E-state index < -0.39 is 0 Å². The van der Waals surface area contributed by atoms with Gasteiger partial charge in [-0.3, -0.25) is 0 Å². The molecule has 266 valence electrons. The van der Waals surface area contributed by atoms with Crippen LogP contribution < -0.4 is 0 Å². The number of fused-ring (bicyclic) bond motifs is 9. The number of rotatable bonds is 5. The molecule has 0 atom stereocenters. The summed E-state index contributed by atoms with van der Waals surface area (Å²) in [7, 11) is 0. The van der Waals surface area contributed by atoms with Crippen molar-refractivity contribution in [1.29, 1.82) is 0 Å². The van der Waals surface area contributed by atoms with Crippen LogP contribution in [0, 0.1) is 0 Å². The monoisotopic (exact) mass is 730 g/mol. The Labute approximate surface area is 325 Å². The maximum Gasteiger partial charge on any atom is 0.164 e. The van der Waals surface area contributed by atoms with Gasteiger partial charge in [-0.2, -0.15) is 0 Å². The SMILES string of the molecule is c1ccc(-c2nc(-c3cccc(-n4c5ccccc5c5ccc(-c6cccc7c6oc6ccccc67)cc54)c3)nc(-c3cccc4oc5ccccc5c34)n2)cc1. The lowest BCUT2D eigenvalue weighted by molar-refractivity contribution is 0.669. The van der Waals surface area contributed by atoms with Gasteiger partial charge in [0.15, 0.2) is 17.5 Å². The highest BCUT2D eigenvalue weighted by molar-refractivity contribution is 6.14. The largest absolute Gasteiger partial charge is 0.456 e. The Bertz CT molecular complexity index is 3540. The van der Waals surface area contributed by atoms with Crippen molar-refractivity contribution in [3.63, 3.8) is 0 Å². The third-order valence-corrected chi connectivity index (χ3v) is 11.1. The lowest BCUT2D eigenvalue weighted by Crippen LogP contribution is -2.01. The first-order valence-corrected chi connectivity index (χ1v) is 19.0. The van der Waals surface area contributed by atoms with Crippen LogP contribution in [-0.2, 0) is 0 Å². The zero-order valence-electron chi connectivity index (χ0n) is 30.4. The maximum absolute atomic E-state index is 6.48. The van der Waals surface area contributed by atoms with Crippen molar-refractivity contribution in [2.75, 3.05) is 0 Å². The summed E-state index contributed by atoms with van der Waals surface area (Å²) < 4.78 is 15.1. The van der Waals surface area contributed by atoms with E-state index in [1.807, 2.05) is 72.8 Å². The fourth-order valence-electron chi connectivity index (χ4n) is 8.48. The summed E-state index contributed by atoms with van der Waals surface area (Å²) in [6.45, 7) is 0. The molecule has 0 N–H and O–H groups in total. The highest BCUT2D eigenvalue weighted by Gasteiger charge is 2.20. The Morgan fingerprint density at radius 2 is 0.965 bits per heavy atom. The highest BCUT2D eigenvalue weighted by atomic mass is 16.3. The molecule has 0 spiro atoms. The average molecular weight is 731 g/mol. The van der Waals surface area contributed by atoms with Crippen molar-refractivity contribution in [1.82, 2.24) is 19.5 Å². The van der Waals surface area contributed by atoms with Gasteiger partial charge in [-0.15, -0.1) is 0 Å². The van der Waals surface area contributed by atoms with Crippen molar-refractivity contribution in [3.05, 3.63) is 182 Å². The van der Waals surface area contributed by atoms with Crippen LogP contribution in [0.4, 0.5) is 0 Å². The van der Waals surface area contributed by atoms with Crippen molar-refractivity contribution in [2.45, 2.75) is 0 Å². The Morgan fingerprint density at radius 3 is 1.84 bits per heavy atom. The number of benzene rings is 8. The normalized spacial score (nSPS) is 11.9. The Kier molecular flexibility index (Phi) is 6.83. The average Bonchev–Trinajstić information content (AvgIpc) is 3.96. The molecule has 0 bridgehead atoms. The van der Waals surface area contributed by atoms with Gasteiger partial charge in [-0.05, 0) is 48.0 Å². The van der Waals surface area contributed by atoms with Crippen LogP contribution in [-0.4, -0.2) is 19.5 Å². The lowest BCUT2D eigenvalue weighted by atomic mass is 10.0. The van der Waals surface area contributed by atoms with Gasteiger partial charge in [0, 0.05) is 60.3 Å². The first-order chi connectivity index (χ1) is 28.2. The van der Waals surface area contributed by atoms with Crippen LogP contribution in [0.1, 0.15) is 0 Å². The van der Waals surface area contributed by atoms with Gasteiger partial charge in [0.25, 0.3) is 0 Å². The predicted molar refractivity (Wildman–Crippen MR) is 230 cm³/mol. The van der Waals surface area contributed by atoms with Crippen LogP contribution >= 0.6 is 0 Å². The van der Waals surface area contributed by atoms with Crippen molar-refractivity contribution in [2.24, 2.45) is 0 Å². The molecule has 0 saturated heterocycles. The molecule has 8 aromatic carbocycles. The van der Waals surface area contributed by atoms with E-state index in [4.69, 9.17) is 23.8 Å². The summed E-state index contributed by atoms with van der Waals surface area (Å²) in [6, 6.07) is 62.7. The third kappa shape index (κ3) is 4.94.